The molecule has 3 nitrogen and oxygen atoms in total. The molecule has 3 aliphatic carbocycles. The third-order valence-electron chi connectivity index (χ3n) is 6.69. The molecule has 1 aromatic carbocycles. The average Bonchev–Trinajstić information content (AvgIpc) is 2.97. The molecule has 0 aromatic heterocycles. The molecule has 0 heterocycles. The number of carbonyl (C=O) groups is 1. The lowest BCUT2D eigenvalue weighted by molar-refractivity contribution is -0.139. The minimum absolute atomic E-state index is 0.207. The normalized spacial score (nSPS) is 33.3. The van der Waals surface area contributed by atoms with E-state index < -0.39 is 0 Å². The Hall–Kier alpha value is -1.35. The number of nitrogens with zero attached hydrogens (tertiary/aromatic N) is 1. The van der Waals surface area contributed by atoms with Crippen molar-refractivity contribution in [2.24, 2.45) is 23.5 Å². The van der Waals surface area contributed by atoms with Crippen LogP contribution in [0.2, 0.25) is 0 Å². The van der Waals surface area contributed by atoms with E-state index in [9.17, 15) is 4.79 Å². The van der Waals surface area contributed by atoms with Crippen LogP contribution in [0.5, 0.6) is 0 Å². The smallest absolute Gasteiger partial charge is 0.225 e. The molecular formula is C20H28N2O. The number of benzene rings is 1. The van der Waals surface area contributed by atoms with Crippen LogP contribution in [-0.2, 0) is 17.6 Å². The Balaban J connectivity index is 1.43. The minimum Gasteiger partial charge on any atom is -0.342 e. The van der Waals surface area contributed by atoms with Gasteiger partial charge in [-0.2, -0.15) is 0 Å². The Morgan fingerprint density at radius 1 is 1.09 bits per heavy atom. The van der Waals surface area contributed by atoms with E-state index in [1.165, 1.54) is 30.4 Å². The second kappa shape index (κ2) is 5.94. The van der Waals surface area contributed by atoms with Crippen molar-refractivity contribution in [2.75, 3.05) is 7.05 Å². The summed E-state index contributed by atoms with van der Waals surface area (Å²) < 4.78 is 0. The van der Waals surface area contributed by atoms with E-state index in [1.807, 2.05) is 7.05 Å². The fourth-order valence-electron chi connectivity index (χ4n) is 5.27. The number of carbonyl (C=O) groups excluding carboxylic acids is 1. The van der Waals surface area contributed by atoms with Crippen molar-refractivity contribution in [3.05, 3.63) is 35.4 Å². The lowest BCUT2D eigenvalue weighted by Crippen LogP contribution is -2.50. The van der Waals surface area contributed by atoms with Crippen LogP contribution in [-0.4, -0.2) is 29.9 Å². The number of hydrogen-bond donors (Lipinski definition) is 1. The number of likely N-dealkylation sites (N-methyl/N-ethyl adjacent to an activating group) is 1. The van der Waals surface area contributed by atoms with Crippen molar-refractivity contribution in [2.45, 2.75) is 57.0 Å². The Kier molecular flexibility index (Phi) is 3.92. The highest BCUT2D eigenvalue weighted by atomic mass is 16.2. The topological polar surface area (TPSA) is 46.3 Å². The van der Waals surface area contributed by atoms with Gasteiger partial charge in [-0.25, -0.2) is 0 Å². The predicted octanol–water partition coefficient (Wildman–Crippen LogP) is 2.77. The number of fused-ring (bicyclic) bond motifs is 3. The van der Waals surface area contributed by atoms with Crippen LogP contribution in [0.1, 0.15) is 43.2 Å². The van der Waals surface area contributed by atoms with E-state index in [4.69, 9.17) is 5.73 Å². The van der Waals surface area contributed by atoms with Gasteiger partial charge in [0.15, 0.2) is 0 Å². The summed E-state index contributed by atoms with van der Waals surface area (Å²) >= 11 is 0. The van der Waals surface area contributed by atoms with Gasteiger partial charge in [-0.05, 0) is 61.5 Å². The first-order valence-corrected chi connectivity index (χ1v) is 9.22. The number of amides is 1. The largest absolute Gasteiger partial charge is 0.342 e. The fraction of sp³-hybridized carbons (Fsp3) is 0.650. The van der Waals surface area contributed by atoms with Gasteiger partial charge in [0, 0.05) is 25.0 Å². The predicted molar refractivity (Wildman–Crippen MR) is 91.9 cm³/mol. The van der Waals surface area contributed by atoms with Gasteiger partial charge in [0.25, 0.3) is 0 Å². The van der Waals surface area contributed by atoms with Gasteiger partial charge < -0.3 is 10.6 Å². The summed E-state index contributed by atoms with van der Waals surface area (Å²) in [6, 6.07) is 9.30. The summed E-state index contributed by atoms with van der Waals surface area (Å²) in [6.45, 7) is 0. The van der Waals surface area contributed by atoms with Crippen LogP contribution in [0.4, 0.5) is 0 Å². The molecule has 0 saturated heterocycles. The van der Waals surface area contributed by atoms with E-state index in [2.05, 4.69) is 29.2 Å². The molecule has 2 saturated carbocycles. The lowest BCUT2D eigenvalue weighted by atomic mass is 9.65. The van der Waals surface area contributed by atoms with Gasteiger partial charge in [0.1, 0.15) is 0 Å². The van der Waals surface area contributed by atoms with Crippen LogP contribution in [0.15, 0.2) is 24.3 Å². The summed E-state index contributed by atoms with van der Waals surface area (Å²) in [7, 11) is 2.02. The monoisotopic (exact) mass is 312 g/mol. The van der Waals surface area contributed by atoms with E-state index >= 15 is 0 Å². The zero-order valence-corrected chi connectivity index (χ0v) is 14.1. The Morgan fingerprint density at radius 3 is 2.22 bits per heavy atom. The van der Waals surface area contributed by atoms with Crippen molar-refractivity contribution in [1.82, 2.24) is 4.90 Å². The first-order valence-electron chi connectivity index (χ1n) is 9.22. The van der Waals surface area contributed by atoms with Crippen LogP contribution >= 0.6 is 0 Å². The molecule has 0 radical (unpaired) electrons. The van der Waals surface area contributed by atoms with E-state index in [0.717, 1.165) is 25.7 Å². The molecule has 2 atom stereocenters. The summed E-state index contributed by atoms with van der Waals surface area (Å²) in [5, 5.41) is 0. The molecule has 124 valence electrons. The van der Waals surface area contributed by atoms with Crippen molar-refractivity contribution in [3.8, 4) is 0 Å². The molecular weight excluding hydrogens is 284 g/mol. The van der Waals surface area contributed by atoms with Crippen molar-refractivity contribution < 1.29 is 4.79 Å². The highest BCUT2D eigenvalue weighted by molar-refractivity contribution is 5.79. The summed E-state index contributed by atoms with van der Waals surface area (Å²) in [5.74, 6) is 1.72. The molecule has 0 aliphatic heterocycles. The van der Waals surface area contributed by atoms with E-state index in [0.29, 0.717) is 29.8 Å². The second-order valence-electron chi connectivity index (χ2n) is 7.98. The quantitative estimate of drug-likeness (QED) is 0.913. The highest BCUT2D eigenvalue weighted by Gasteiger charge is 2.42. The Bertz CT molecular complexity index is 560. The second-order valence-corrected chi connectivity index (χ2v) is 7.98. The highest BCUT2D eigenvalue weighted by Crippen LogP contribution is 2.42. The first kappa shape index (κ1) is 15.2. The van der Waals surface area contributed by atoms with Gasteiger partial charge in [0.05, 0.1) is 0 Å². The van der Waals surface area contributed by atoms with Gasteiger partial charge in [-0.1, -0.05) is 30.7 Å². The fourth-order valence-corrected chi connectivity index (χ4v) is 5.27. The zero-order valence-electron chi connectivity index (χ0n) is 14.1. The maximum absolute atomic E-state index is 13.1. The van der Waals surface area contributed by atoms with Gasteiger partial charge in [-0.15, -0.1) is 0 Å². The average molecular weight is 312 g/mol. The molecule has 23 heavy (non-hydrogen) atoms. The molecule has 2 unspecified atom stereocenters. The molecule has 1 aromatic rings. The number of nitrogens with two attached hydrogens (primary N) is 1. The van der Waals surface area contributed by atoms with Crippen LogP contribution in [0.25, 0.3) is 0 Å². The third-order valence-corrected chi connectivity index (χ3v) is 6.69. The summed E-state index contributed by atoms with van der Waals surface area (Å²) in [5.41, 5.74) is 9.21. The third kappa shape index (κ3) is 2.69. The van der Waals surface area contributed by atoms with Crippen molar-refractivity contribution in [3.63, 3.8) is 0 Å². The Labute approximate surface area is 139 Å². The van der Waals surface area contributed by atoms with Gasteiger partial charge in [-0.3, -0.25) is 4.79 Å². The maximum atomic E-state index is 13.1. The van der Waals surface area contributed by atoms with Crippen LogP contribution < -0.4 is 5.73 Å². The summed E-state index contributed by atoms with van der Waals surface area (Å²) in [6.07, 6.45) is 7.80. The first-order chi connectivity index (χ1) is 11.1. The maximum Gasteiger partial charge on any atom is 0.225 e. The molecule has 3 aliphatic rings. The minimum atomic E-state index is 0.207. The number of rotatable bonds is 2. The van der Waals surface area contributed by atoms with E-state index in [1.54, 1.807) is 0 Å². The SMILES string of the molecule is CN(C(=O)C1CC2CCCC(C1)C2N)C1Cc2ccccc2C1. The molecule has 3 heteroatoms. The lowest BCUT2D eigenvalue weighted by Gasteiger charge is -2.44. The van der Waals surface area contributed by atoms with E-state index in [-0.39, 0.29) is 5.92 Å². The standard InChI is InChI=1S/C20H28N2O/c1-22(18-11-13-5-2-3-6-14(13)12-18)20(23)17-9-15-7-4-8-16(10-17)19(15)21/h2-3,5-6,15-19H,4,7-12,21H2,1H3. The molecule has 0 spiro atoms. The van der Waals surface area contributed by atoms with Crippen molar-refractivity contribution in [1.29, 1.82) is 0 Å². The van der Waals surface area contributed by atoms with Gasteiger partial charge in [0.2, 0.25) is 5.91 Å². The Morgan fingerprint density at radius 2 is 1.65 bits per heavy atom. The zero-order chi connectivity index (χ0) is 16.0. The van der Waals surface area contributed by atoms with Crippen molar-refractivity contribution >= 4 is 5.91 Å². The summed E-state index contributed by atoms with van der Waals surface area (Å²) in [4.78, 5) is 15.1. The molecule has 1 amide bonds. The molecule has 2 N–H and O–H groups in total. The van der Waals surface area contributed by atoms with Gasteiger partial charge >= 0.3 is 0 Å². The van der Waals surface area contributed by atoms with Crippen LogP contribution in [0.3, 0.4) is 0 Å². The molecule has 4 rings (SSSR count). The van der Waals surface area contributed by atoms with Crippen LogP contribution in [0, 0.1) is 17.8 Å². The molecule has 2 bridgehead atoms. The molecule has 2 fully saturated rings. The number of hydrogen-bond acceptors (Lipinski definition) is 2.